The number of likely N-dealkylation sites (N-methyl/N-ethyl adjacent to an activating group) is 1. The van der Waals surface area contributed by atoms with Crippen LogP contribution in [0.4, 0.5) is 4.39 Å². The fourth-order valence-electron chi connectivity index (χ4n) is 2.10. The number of rotatable bonds is 7. The molecule has 5 heteroatoms. The third-order valence-electron chi connectivity index (χ3n) is 3.37. The Labute approximate surface area is 126 Å². The Bertz CT molecular complexity index is 475. The lowest BCUT2D eigenvalue weighted by molar-refractivity contribution is 0.0595. The highest BCUT2D eigenvalue weighted by atomic mass is 19.1. The van der Waals surface area contributed by atoms with E-state index in [0.717, 1.165) is 12.1 Å². The third kappa shape index (κ3) is 5.44. The van der Waals surface area contributed by atoms with Crippen LogP contribution < -0.4 is 5.32 Å². The van der Waals surface area contributed by atoms with E-state index in [1.54, 1.807) is 6.07 Å². The molecule has 0 fully saturated rings. The molecule has 0 saturated carbocycles. The number of ether oxygens (including phenoxy) is 1. The first kappa shape index (κ1) is 17.6. The molecule has 0 aliphatic carbocycles. The van der Waals surface area contributed by atoms with Crippen molar-refractivity contribution in [3.63, 3.8) is 0 Å². The number of benzene rings is 1. The molecule has 1 aromatic rings. The van der Waals surface area contributed by atoms with E-state index in [-0.39, 0.29) is 5.56 Å². The molecular weight excluding hydrogens is 271 g/mol. The number of methoxy groups -OCH3 is 1. The minimum atomic E-state index is -0.653. The minimum Gasteiger partial charge on any atom is -0.465 e. The molecular formula is C16H25FN2O2. The van der Waals surface area contributed by atoms with Gasteiger partial charge in [-0.3, -0.25) is 0 Å². The predicted octanol–water partition coefficient (Wildman–Crippen LogP) is 2.29. The molecule has 0 aliphatic heterocycles. The molecule has 0 spiro atoms. The van der Waals surface area contributed by atoms with E-state index in [4.69, 9.17) is 0 Å². The van der Waals surface area contributed by atoms with E-state index in [1.165, 1.54) is 19.2 Å². The summed E-state index contributed by atoms with van der Waals surface area (Å²) < 4.78 is 18.4. The molecule has 0 bridgehead atoms. The summed E-state index contributed by atoms with van der Waals surface area (Å²) in [4.78, 5) is 13.5. The smallest absolute Gasteiger partial charge is 0.340 e. The van der Waals surface area contributed by atoms with Gasteiger partial charge < -0.3 is 15.0 Å². The van der Waals surface area contributed by atoms with Crippen molar-refractivity contribution in [1.82, 2.24) is 10.2 Å². The van der Waals surface area contributed by atoms with Crippen molar-refractivity contribution in [1.29, 1.82) is 0 Å². The lowest BCUT2D eigenvalue weighted by Gasteiger charge is -2.25. The number of hydrogen-bond acceptors (Lipinski definition) is 4. The molecule has 0 amide bonds. The second kappa shape index (κ2) is 8.10. The van der Waals surface area contributed by atoms with Crippen LogP contribution in [0, 0.1) is 11.7 Å². The van der Waals surface area contributed by atoms with Crippen LogP contribution in [0.2, 0.25) is 0 Å². The first-order valence-electron chi connectivity index (χ1n) is 7.10. The van der Waals surface area contributed by atoms with Gasteiger partial charge in [-0.15, -0.1) is 0 Å². The summed E-state index contributed by atoms with van der Waals surface area (Å²) in [6.45, 7) is 5.79. The molecule has 0 heterocycles. The second-order valence-electron chi connectivity index (χ2n) is 5.80. The average Bonchev–Trinajstić information content (AvgIpc) is 2.42. The molecule has 0 saturated heterocycles. The van der Waals surface area contributed by atoms with E-state index < -0.39 is 11.8 Å². The average molecular weight is 296 g/mol. The molecule has 0 radical (unpaired) electrons. The predicted molar refractivity (Wildman–Crippen MR) is 81.8 cm³/mol. The molecule has 4 nitrogen and oxygen atoms in total. The fourth-order valence-corrected chi connectivity index (χ4v) is 2.10. The van der Waals surface area contributed by atoms with Crippen molar-refractivity contribution in [3.05, 3.63) is 35.1 Å². The Balaban J connectivity index is 2.70. The van der Waals surface area contributed by atoms with Gasteiger partial charge in [0.2, 0.25) is 0 Å². The summed E-state index contributed by atoms with van der Waals surface area (Å²) >= 11 is 0. The Kier molecular flexibility index (Phi) is 6.78. The van der Waals surface area contributed by atoms with Gasteiger partial charge in [-0.1, -0.05) is 19.9 Å². The van der Waals surface area contributed by atoms with Gasteiger partial charge in [0.1, 0.15) is 5.82 Å². The number of halogens is 1. The van der Waals surface area contributed by atoms with E-state index in [2.05, 4.69) is 28.8 Å². The zero-order valence-corrected chi connectivity index (χ0v) is 13.4. The minimum absolute atomic E-state index is 0.0325. The molecule has 118 valence electrons. The number of nitrogens with one attached hydrogen (secondary N) is 1. The standard InChI is InChI=1S/C16H25FN2O2/c1-11(2)15(10-19(3)4)18-9-12-6-7-13(14(17)8-12)16(20)21-5/h6-8,11,15,18H,9-10H2,1-5H3. The maximum absolute atomic E-state index is 13.8. The summed E-state index contributed by atoms with van der Waals surface area (Å²) in [5, 5.41) is 3.43. The van der Waals surface area contributed by atoms with Crippen LogP contribution in [-0.4, -0.2) is 44.7 Å². The zero-order valence-electron chi connectivity index (χ0n) is 13.4. The van der Waals surface area contributed by atoms with E-state index in [9.17, 15) is 9.18 Å². The van der Waals surface area contributed by atoms with Gasteiger partial charge in [-0.2, -0.15) is 0 Å². The van der Waals surface area contributed by atoms with Gasteiger partial charge in [-0.25, -0.2) is 9.18 Å². The van der Waals surface area contributed by atoms with Crippen LogP contribution in [0.1, 0.15) is 29.8 Å². The van der Waals surface area contributed by atoms with Crippen molar-refractivity contribution in [2.24, 2.45) is 5.92 Å². The number of carbonyl (C=O) groups excluding carboxylic acids is 1. The summed E-state index contributed by atoms with van der Waals surface area (Å²) in [5.41, 5.74) is 0.777. The zero-order chi connectivity index (χ0) is 16.0. The number of esters is 1. The lowest BCUT2D eigenvalue weighted by atomic mass is 10.0. The Morgan fingerprint density at radius 1 is 1.38 bits per heavy atom. The first-order valence-corrected chi connectivity index (χ1v) is 7.10. The van der Waals surface area contributed by atoms with Gasteiger partial charge in [0.15, 0.2) is 0 Å². The van der Waals surface area contributed by atoms with Gasteiger partial charge in [-0.05, 0) is 37.7 Å². The number of nitrogens with zero attached hydrogens (tertiary/aromatic N) is 1. The maximum Gasteiger partial charge on any atom is 0.340 e. The van der Waals surface area contributed by atoms with Gasteiger partial charge >= 0.3 is 5.97 Å². The normalized spacial score (nSPS) is 12.8. The largest absolute Gasteiger partial charge is 0.465 e. The van der Waals surface area contributed by atoms with Crippen molar-refractivity contribution >= 4 is 5.97 Å². The van der Waals surface area contributed by atoms with E-state index in [1.807, 2.05) is 14.1 Å². The second-order valence-corrected chi connectivity index (χ2v) is 5.80. The molecule has 21 heavy (non-hydrogen) atoms. The van der Waals surface area contributed by atoms with Crippen LogP contribution in [0.3, 0.4) is 0 Å². The highest BCUT2D eigenvalue weighted by molar-refractivity contribution is 5.89. The Morgan fingerprint density at radius 3 is 2.52 bits per heavy atom. The van der Waals surface area contributed by atoms with Crippen molar-refractivity contribution in [3.8, 4) is 0 Å². The van der Waals surface area contributed by atoms with Crippen LogP contribution >= 0.6 is 0 Å². The first-order chi connectivity index (χ1) is 9.85. The molecule has 1 rings (SSSR count). The SMILES string of the molecule is COC(=O)c1ccc(CNC(CN(C)C)C(C)C)cc1F. The van der Waals surface area contributed by atoms with Crippen LogP contribution in [0.25, 0.3) is 0 Å². The fraction of sp³-hybridized carbons (Fsp3) is 0.562. The van der Waals surface area contributed by atoms with E-state index >= 15 is 0 Å². The number of hydrogen-bond donors (Lipinski definition) is 1. The van der Waals surface area contributed by atoms with Crippen molar-refractivity contribution < 1.29 is 13.9 Å². The van der Waals surface area contributed by atoms with Gasteiger partial charge in [0.05, 0.1) is 12.7 Å². The van der Waals surface area contributed by atoms with Gasteiger partial charge in [0, 0.05) is 19.1 Å². The molecule has 1 aromatic carbocycles. The third-order valence-corrected chi connectivity index (χ3v) is 3.37. The van der Waals surface area contributed by atoms with Crippen LogP contribution in [0.15, 0.2) is 18.2 Å². The van der Waals surface area contributed by atoms with Crippen molar-refractivity contribution in [2.45, 2.75) is 26.4 Å². The van der Waals surface area contributed by atoms with Crippen LogP contribution in [0.5, 0.6) is 0 Å². The molecule has 0 aromatic heterocycles. The summed E-state index contributed by atoms with van der Waals surface area (Å²) in [6, 6.07) is 4.92. The number of carbonyl (C=O) groups is 1. The Morgan fingerprint density at radius 2 is 2.05 bits per heavy atom. The highest BCUT2D eigenvalue weighted by Crippen LogP contribution is 2.12. The highest BCUT2D eigenvalue weighted by Gasteiger charge is 2.15. The van der Waals surface area contributed by atoms with Gasteiger partial charge in [0.25, 0.3) is 0 Å². The molecule has 0 aliphatic rings. The topological polar surface area (TPSA) is 41.6 Å². The summed E-state index contributed by atoms with van der Waals surface area (Å²) in [6.07, 6.45) is 0. The lowest BCUT2D eigenvalue weighted by Crippen LogP contribution is -2.41. The van der Waals surface area contributed by atoms with Crippen LogP contribution in [-0.2, 0) is 11.3 Å². The molecule has 1 N–H and O–H groups in total. The molecule has 1 atom stereocenters. The Hall–Kier alpha value is -1.46. The summed E-state index contributed by atoms with van der Waals surface area (Å²) in [7, 11) is 5.30. The molecule has 1 unspecified atom stereocenters. The monoisotopic (exact) mass is 296 g/mol. The van der Waals surface area contributed by atoms with E-state index in [0.29, 0.717) is 18.5 Å². The van der Waals surface area contributed by atoms with Crippen molar-refractivity contribution in [2.75, 3.05) is 27.7 Å². The quantitative estimate of drug-likeness (QED) is 0.784. The maximum atomic E-state index is 13.8. The summed E-state index contributed by atoms with van der Waals surface area (Å²) in [5.74, 6) is -0.721.